The van der Waals surface area contributed by atoms with Crippen LogP contribution in [0.15, 0.2) is 78.9 Å². The molecule has 0 spiro atoms. The van der Waals surface area contributed by atoms with E-state index in [1.807, 2.05) is 17.4 Å². The number of halogens is 3. The van der Waals surface area contributed by atoms with Gasteiger partial charge >= 0.3 is 12.1 Å². The van der Waals surface area contributed by atoms with Crippen LogP contribution in [0.25, 0.3) is 0 Å². The number of alkyl halides is 3. The van der Waals surface area contributed by atoms with Gasteiger partial charge in [-0.3, -0.25) is 9.69 Å². The van der Waals surface area contributed by atoms with Gasteiger partial charge in [0.1, 0.15) is 5.75 Å². The highest BCUT2D eigenvalue weighted by Crippen LogP contribution is 2.42. The number of nitrogens with zero attached hydrogens (tertiary/aromatic N) is 1. The third kappa shape index (κ3) is 5.56. The molecule has 3 aromatic carbocycles. The van der Waals surface area contributed by atoms with Crippen molar-refractivity contribution in [1.29, 1.82) is 0 Å². The maximum Gasteiger partial charge on any atom is 0.471 e. The van der Waals surface area contributed by atoms with Crippen LogP contribution in [0.2, 0.25) is 0 Å². The summed E-state index contributed by atoms with van der Waals surface area (Å²) in [6, 6.07) is 26.1. The fourth-order valence-electron chi connectivity index (χ4n) is 6.12. The fourth-order valence-corrected chi connectivity index (χ4v) is 6.12. The molecule has 0 saturated carbocycles. The van der Waals surface area contributed by atoms with E-state index in [4.69, 9.17) is 4.74 Å². The number of piperidine rings is 3. The van der Waals surface area contributed by atoms with Crippen molar-refractivity contribution < 1.29 is 22.7 Å². The Kier molecular flexibility index (Phi) is 7.72. The number of amides is 1. The van der Waals surface area contributed by atoms with Gasteiger partial charge < -0.3 is 15.4 Å². The lowest BCUT2D eigenvalue weighted by molar-refractivity contribution is -0.167. The SMILES string of the molecule is COc1ccc(NC(=O)C(F)(F)F)cc1CNC1C2CCN(CC2)C1C(c1ccccc1)c1ccccc1. The molecule has 200 valence electrons. The van der Waals surface area contributed by atoms with E-state index in [9.17, 15) is 18.0 Å². The van der Waals surface area contributed by atoms with Crippen molar-refractivity contribution in [2.45, 2.75) is 43.6 Å². The summed E-state index contributed by atoms with van der Waals surface area (Å²) < 4.78 is 43.9. The molecular weight excluding hydrogens is 491 g/mol. The number of nitrogens with one attached hydrogen (secondary N) is 2. The molecule has 3 aliphatic rings. The molecule has 3 saturated heterocycles. The third-order valence-corrected chi connectivity index (χ3v) is 7.85. The molecule has 3 aromatic rings. The van der Waals surface area contributed by atoms with Crippen molar-refractivity contribution in [3.63, 3.8) is 0 Å². The number of anilines is 1. The van der Waals surface area contributed by atoms with Gasteiger partial charge in [0.05, 0.1) is 7.11 Å². The van der Waals surface area contributed by atoms with Gasteiger partial charge in [-0.25, -0.2) is 0 Å². The van der Waals surface area contributed by atoms with Crippen LogP contribution in [0.4, 0.5) is 18.9 Å². The summed E-state index contributed by atoms with van der Waals surface area (Å²) in [5.74, 6) is -0.785. The molecule has 8 heteroatoms. The first-order valence-electron chi connectivity index (χ1n) is 13.0. The monoisotopic (exact) mass is 523 g/mol. The minimum atomic E-state index is -4.95. The second kappa shape index (κ2) is 11.2. The molecule has 2 bridgehead atoms. The van der Waals surface area contributed by atoms with E-state index >= 15 is 0 Å². The van der Waals surface area contributed by atoms with Crippen LogP contribution < -0.4 is 15.4 Å². The fraction of sp³-hybridized carbons (Fsp3) is 0.367. The Labute approximate surface area is 221 Å². The molecule has 2 atom stereocenters. The van der Waals surface area contributed by atoms with Crippen molar-refractivity contribution in [2.24, 2.45) is 5.92 Å². The molecule has 5 nitrogen and oxygen atoms in total. The molecule has 3 heterocycles. The van der Waals surface area contributed by atoms with E-state index in [1.165, 1.54) is 24.3 Å². The van der Waals surface area contributed by atoms with Gasteiger partial charge in [0.15, 0.2) is 0 Å². The number of hydrogen-bond acceptors (Lipinski definition) is 4. The normalized spacial score (nSPS) is 22.9. The topological polar surface area (TPSA) is 53.6 Å². The zero-order chi connectivity index (χ0) is 26.7. The smallest absolute Gasteiger partial charge is 0.471 e. The van der Waals surface area contributed by atoms with Crippen LogP contribution >= 0.6 is 0 Å². The lowest BCUT2D eigenvalue weighted by Gasteiger charge is -2.54. The highest BCUT2D eigenvalue weighted by molar-refractivity contribution is 5.95. The van der Waals surface area contributed by atoms with E-state index in [1.54, 1.807) is 12.1 Å². The summed E-state index contributed by atoms with van der Waals surface area (Å²) in [4.78, 5) is 14.1. The van der Waals surface area contributed by atoms with Crippen LogP contribution in [-0.4, -0.2) is 49.3 Å². The summed E-state index contributed by atoms with van der Waals surface area (Å²) in [7, 11) is 1.53. The second-order valence-corrected chi connectivity index (χ2v) is 10.0. The van der Waals surface area contributed by atoms with Crippen molar-refractivity contribution in [3.8, 4) is 5.75 Å². The molecule has 2 unspecified atom stereocenters. The minimum Gasteiger partial charge on any atom is -0.496 e. The summed E-state index contributed by atoms with van der Waals surface area (Å²) in [6.45, 7) is 2.50. The highest BCUT2D eigenvalue weighted by Gasteiger charge is 2.46. The van der Waals surface area contributed by atoms with Gasteiger partial charge in [0.2, 0.25) is 0 Å². The van der Waals surface area contributed by atoms with Gasteiger partial charge in [0, 0.05) is 35.8 Å². The first-order valence-corrected chi connectivity index (χ1v) is 13.0. The Balaban J connectivity index is 1.44. The Bertz CT molecular complexity index is 1190. The lowest BCUT2D eigenvalue weighted by atomic mass is 9.70. The first kappa shape index (κ1) is 26.3. The van der Waals surface area contributed by atoms with Crippen LogP contribution in [0.1, 0.15) is 35.4 Å². The molecule has 6 rings (SSSR count). The number of rotatable bonds is 8. The van der Waals surface area contributed by atoms with Gasteiger partial charge in [0.25, 0.3) is 0 Å². The molecule has 3 aliphatic heterocycles. The predicted octanol–water partition coefficient (Wildman–Crippen LogP) is 5.58. The average molecular weight is 524 g/mol. The molecule has 0 aromatic heterocycles. The third-order valence-electron chi connectivity index (χ3n) is 7.85. The van der Waals surface area contributed by atoms with Crippen LogP contribution in [-0.2, 0) is 11.3 Å². The Hall–Kier alpha value is -3.36. The van der Waals surface area contributed by atoms with Gasteiger partial charge in [-0.2, -0.15) is 13.2 Å². The molecular formula is C30H32F3N3O2. The number of carbonyl (C=O) groups excluding carboxylic acids is 1. The molecule has 3 fully saturated rings. The minimum absolute atomic E-state index is 0.0850. The quantitative estimate of drug-likeness (QED) is 0.405. The maximum atomic E-state index is 12.8. The lowest BCUT2D eigenvalue weighted by Crippen LogP contribution is -2.64. The van der Waals surface area contributed by atoms with Crippen molar-refractivity contribution >= 4 is 11.6 Å². The number of ether oxygens (including phenoxy) is 1. The summed E-state index contributed by atoms with van der Waals surface area (Å²) in [6.07, 6.45) is -2.75. The van der Waals surface area contributed by atoms with Gasteiger partial charge in [-0.05, 0) is 61.2 Å². The largest absolute Gasteiger partial charge is 0.496 e. The molecule has 0 radical (unpaired) electrons. The van der Waals surface area contributed by atoms with E-state index < -0.39 is 12.1 Å². The summed E-state index contributed by atoms with van der Waals surface area (Å²) >= 11 is 0. The Morgan fingerprint density at radius 2 is 1.58 bits per heavy atom. The molecule has 0 aliphatic carbocycles. The average Bonchev–Trinajstić information content (AvgIpc) is 2.94. The zero-order valence-electron chi connectivity index (χ0n) is 21.2. The van der Waals surface area contributed by atoms with Crippen molar-refractivity contribution in [3.05, 3.63) is 95.6 Å². The number of carbonyl (C=O) groups is 1. The van der Waals surface area contributed by atoms with Crippen LogP contribution in [0.5, 0.6) is 5.75 Å². The second-order valence-electron chi connectivity index (χ2n) is 10.0. The Morgan fingerprint density at radius 1 is 0.974 bits per heavy atom. The van der Waals surface area contributed by atoms with Crippen LogP contribution in [0, 0.1) is 5.92 Å². The van der Waals surface area contributed by atoms with E-state index in [0.717, 1.165) is 25.9 Å². The standard InChI is InChI=1S/C30H32F3N3O2/c1-38-25-13-12-24(35-29(37)30(31,32)33)18-23(25)19-34-27-22-14-16-36(17-15-22)28(27)26(20-8-4-2-5-9-20)21-10-6-3-7-11-21/h2-13,18,22,26-28,34H,14-17,19H2,1H3,(H,35,37). The predicted molar refractivity (Wildman–Crippen MR) is 141 cm³/mol. The van der Waals surface area contributed by atoms with E-state index in [-0.39, 0.29) is 23.7 Å². The zero-order valence-corrected chi connectivity index (χ0v) is 21.2. The van der Waals surface area contributed by atoms with Crippen molar-refractivity contribution in [1.82, 2.24) is 10.2 Å². The number of fused-ring (bicyclic) bond motifs is 3. The number of benzene rings is 3. The van der Waals surface area contributed by atoms with Gasteiger partial charge in [-0.1, -0.05) is 60.7 Å². The van der Waals surface area contributed by atoms with Crippen LogP contribution in [0.3, 0.4) is 0 Å². The molecule has 38 heavy (non-hydrogen) atoms. The first-order chi connectivity index (χ1) is 18.3. The molecule has 1 amide bonds. The molecule has 2 N–H and O–H groups in total. The number of hydrogen-bond donors (Lipinski definition) is 2. The summed E-state index contributed by atoms with van der Waals surface area (Å²) in [5, 5.41) is 5.72. The number of methoxy groups -OCH3 is 1. The highest BCUT2D eigenvalue weighted by atomic mass is 19.4. The van der Waals surface area contributed by atoms with Crippen molar-refractivity contribution in [2.75, 3.05) is 25.5 Å². The van der Waals surface area contributed by atoms with E-state index in [0.29, 0.717) is 23.8 Å². The Morgan fingerprint density at radius 3 is 2.13 bits per heavy atom. The maximum absolute atomic E-state index is 12.8. The van der Waals surface area contributed by atoms with E-state index in [2.05, 4.69) is 58.7 Å². The van der Waals surface area contributed by atoms with Gasteiger partial charge in [-0.15, -0.1) is 0 Å². The summed E-state index contributed by atoms with van der Waals surface area (Å²) in [5.41, 5.74) is 3.30.